The molecule has 7 nitrogen and oxygen atoms in total. The van der Waals surface area contributed by atoms with Crippen LogP contribution in [0.25, 0.3) is 11.4 Å². The highest BCUT2D eigenvalue weighted by Gasteiger charge is 2.38. The van der Waals surface area contributed by atoms with E-state index in [1.54, 1.807) is 6.20 Å². The summed E-state index contributed by atoms with van der Waals surface area (Å²) in [7, 11) is 4.38. The number of carboxylic acid groups (broad SMARTS) is 1. The Balaban J connectivity index is 0.000000423. The number of carbonyl (C=O) groups is 1. The van der Waals surface area contributed by atoms with Gasteiger partial charge in [-0.3, -0.25) is 4.98 Å². The van der Waals surface area contributed by atoms with Crippen LogP contribution in [0.5, 0.6) is 0 Å². The molecule has 2 aromatic rings. The standard InChI is InChI=1S/C19H27N5.C2HF3O2/c1-15-22-17(16-9-5-8-12-20-16)13-18(23-15)21-14-19(24(2)3)10-6-4-7-11-19;3-2(4,5)1(6)7/h5,8-9,12-13H,4,6-7,10-11,14H2,1-3H3,(H,21,22,23);(H,6,7). The van der Waals surface area contributed by atoms with E-state index in [2.05, 4.69) is 39.3 Å². The predicted octanol–water partition coefficient (Wildman–Crippen LogP) is 4.16. The van der Waals surface area contributed by atoms with Gasteiger partial charge in [-0.2, -0.15) is 13.2 Å². The van der Waals surface area contributed by atoms with Gasteiger partial charge in [-0.25, -0.2) is 14.8 Å². The minimum atomic E-state index is -5.08. The zero-order valence-corrected chi connectivity index (χ0v) is 17.9. The van der Waals surface area contributed by atoms with E-state index in [0.717, 1.165) is 29.6 Å². The first-order valence-corrected chi connectivity index (χ1v) is 10.0. The van der Waals surface area contributed by atoms with E-state index < -0.39 is 12.1 Å². The third-order valence-electron chi connectivity index (χ3n) is 5.34. The molecule has 31 heavy (non-hydrogen) atoms. The highest BCUT2D eigenvalue weighted by molar-refractivity contribution is 5.73. The number of carboxylic acids is 1. The number of aliphatic carboxylic acids is 1. The van der Waals surface area contributed by atoms with Gasteiger partial charge in [0.2, 0.25) is 0 Å². The lowest BCUT2D eigenvalue weighted by Gasteiger charge is -2.43. The van der Waals surface area contributed by atoms with Crippen molar-refractivity contribution in [3.05, 3.63) is 36.3 Å². The third-order valence-corrected chi connectivity index (χ3v) is 5.34. The Kier molecular flexibility index (Phi) is 8.32. The van der Waals surface area contributed by atoms with Crippen LogP contribution in [-0.2, 0) is 4.79 Å². The summed E-state index contributed by atoms with van der Waals surface area (Å²) in [6, 6.07) is 7.88. The van der Waals surface area contributed by atoms with Crippen LogP contribution < -0.4 is 5.32 Å². The van der Waals surface area contributed by atoms with Crippen molar-refractivity contribution in [3.8, 4) is 11.4 Å². The molecule has 1 saturated carbocycles. The van der Waals surface area contributed by atoms with E-state index in [1.807, 2.05) is 31.2 Å². The number of hydrogen-bond donors (Lipinski definition) is 2. The van der Waals surface area contributed by atoms with E-state index in [1.165, 1.54) is 32.1 Å². The normalized spacial score (nSPS) is 15.7. The number of nitrogens with one attached hydrogen (secondary N) is 1. The summed E-state index contributed by atoms with van der Waals surface area (Å²) in [6.07, 6.45) is 3.16. The maximum absolute atomic E-state index is 10.6. The molecule has 3 rings (SSSR count). The second-order valence-electron chi connectivity index (χ2n) is 7.74. The SMILES string of the molecule is Cc1nc(NCC2(N(C)C)CCCCC2)cc(-c2ccccn2)n1.O=C(O)C(F)(F)F. The largest absolute Gasteiger partial charge is 0.490 e. The Hall–Kier alpha value is -2.75. The first-order chi connectivity index (χ1) is 14.5. The van der Waals surface area contributed by atoms with Gasteiger partial charge in [0, 0.05) is 24.3 Å². The molecule has 1 aliphatic rings. The fraction of sp³-hybridized carbons (Fsp3) is 0.524. The molecule has 2 aromatic heterocycles. The first-order valence-electron chi connectivity index (χ1n) is 10.0. The van der Waals surface area contributed by atoms with Crippen molar-refractivity contribution in [2.24, 2.45) is 0 Å². The molecule has 0 spiro atoms. The van der Waals surface area contributed by atoms with Gasteiger partial charge in [-0.05, 0) is 46.0 Å². The maximum Gasteiger partial charge on any atom is 0.490 e. The van der Waals surface area contributed by atoms with Crippen molar-refractivity contribution in [1.82, 2.24) is 19.9 Å². The first kappa shape index (κ1) is 24.5. The minimum absolute atomic E-state index is 0.224. The van der Waals surface area contributed by atoms with Crippen LogP contribution >= 0.6 is 0 Å². The monoisotopic (exact) mass is 439 g/mol. The van der Waals surface area contributed by atoms with E-state index in [9.17, 15) is 13.2 Å². The number of hydrogen-bond acceptors (Lipinski definition) is 6. The molecule has 170 valence electrons. The number of alkyl halides is 3. The van der Waals surface area contributed by atoms with Crippen LogP contribution in [0.4, 0.5) is 19.0 Å². The summed E-state index contributed by atoms with van der Waals surface area (Å²) in [5, 5.41) is 10.7. The van der Waals surface area contributed by atoms with Crippen molar-refractivity contribution in [2.45, 2.75) is 50.7 Å². The fourth-order valence-electron chi connectivity index (χ4n) is 3.55. The highest BCUT2D eigenvalue weighted by atomic mass is 19.4. The van der Waals surface area contributed by atoms with Crippen molar-refractivity contribution >= 4 is 11.8 Å². The maximum atomic E-state index is 10.6. The number of pyridine rings is 1. The van der Waals surface area contributed by atoms with E-state index in [0.29, 0.717) is 0 Å². The molecule has 0 bridgehead atoms. The van der Waals surface area contributed by atoms with Crippen molar-refractivity contribution in [3.63, 3.8) is 0 Å². The van der Waals surface area contributed by atoms with E-state index in [4.69, 9.17) is 9.90 Å². The molecule has 0 saturated heterocycles. The van der Waals surface area contributed by atoms with Gasteiger partial charge in [-0.1, -0.05) is 25.3 Å². The molecule has 0 unspecified atom stereocenters. The fourth-order valence-corrected chi connectivity index (χ4v) is 3.55. The summed E-state index contributed by atoms with van der Waals surface area (Å²) in [5.74, 6) is -1.11. The number of nitrogens with zero attached hydrogens (tertiary/aromatic N) is 4. The molecule has 0 radical (unpaired) electrons. The van der Waals surface area contributed by atoms with Crippen LogP contribution in [0.3, 0.4) is 0 Å². The number of rotatable bonds is 5. The quantitative estimate of drug-likeness (QED) is 0.723. The number of halogens is 3. The average molecular weight is 439 g/mol. The Morgan fingerprint density at radius 1 is 1.16 bits per heavy atom. The lowest BCUT2D eigenvalue weighted by Crippen LogP contribution is -2.51. The third kappa shape index (κ3) is 7.16. The van der Waals surface area contributed by atoms with Gasteiger partial charge in [0.15, 0.2) is 0 Å². The van der Waals surface area contributed by atoms with E-state index in [-0.39, 0.29) is 5.54 Å². The number of likely N-dealkylation sites (N-methyl/N-ethyl adjacent to an activating group) is 1. The highest BCUT2D eigenvalue weighted by Crippen LogP contribution is 2.32. The van der Waals surface area contributed by atoms with Crippen LogP contribution in [0.2, 0.25) is 0 Å². The molecular formula is C21H28F3N5O2. The lowest BCUT2D eigenvalue weighted by molar-refractivity contribution is -0.192. The zero-order chi connectivity index (χ0) is 23.1. The Bertz CT molecular complexity index is 854. The molecule has 0 amide bonds. The molecule has 0 atom stereocenters. The van der Waals surface area contributed by atoms with Gasteiger partial charge in [0.25, 0.3) is 0 Å². The van der Waals surface area contributed by atoms with Gasteiger partial charge >= 0.3 is 12.1 Å². The van der Waals surface area contributed by atoms with Gasteiger partial charge in [0.1, 0.15) is 11.6 Å². The second kappa shape index (κ2) is 10.5. The smallest absolute Gasteiger partial charge is 0.475 e. The molecule has 0 aromatic carbocycles. The summed E-state index contributed by atoms with van der Waals surface area (Å²) in [4.78, 5) is 24.8. The summed E-state index contributed by atoms with van der Waals surface area (Å²) < 4.78 is 31.7. The summed E-state index contributed by atoms with van der Waals surface area (Å²) in [5.41, 5.74) is 1.97. The molecule has 0 aliphatic heterocycles. The molecule has 10 heteroatoms. The predicted molar refractivity (Wildman–Crippen MR) is 112 cm³/mol. The second-order valence-corrected chi connectivity index (χ2v) is 7.74. The van der Waals surface area contributed by atoms with Crippen LogP contribution in [0, 0.1) is 6.92 Å². The number of aromatic nitrogens is 3. The molecule has 1 fully saturated rings. The zero-order valence-electron chi connectivity index (χ0n) is 17.9. The van der Waals surface area contributed by atoms with Gasteiger partial charge in [-0.15, -0.1) is 0 Å². The lowest BCUT2D eigenvalue weighted by atomic mass is 9.80. The van der Waals surface area contributed by atoms with Crippen molar-refractivity contribution < 1.29 is 23.1 Å². The minimum Gasteiger partial charge on any atom is -0.475 e. The molecule has 1 aliphatic carbocycles. The number of aryl methyl sites for hydroxylation is 1. The Morgan fingerprint density at radius 2 is 1.81 bits per heavy atom. The summed E-state index contributed by atoms with van der Waals surface area (Å²) in [6.45, 7) is 2.85. The van der Waals surface area contributed by atoms with Gasteiger partial charge < -0.3 is 15.3 Å². The molecule has 2 N–H and O–H groups in total. The summed E-state index contributed by atoms with van der Waals surface area (Å²) >= 11 is 0. The Labute approximate surface area is 179 Å². The molecule has 2 heterocycles. The van der Waals surface area contributed by atoms with Crippen molar-refractivity contribution in [2.75, 3.05) is 26.0 Å². The van der Waals surface area contributed by atoms with Crippen LogP contribution in [0.15, 0.2) is 30.5 Å². The Morgan fingerprint density at radius 3 is 2.32 bits per heavy atom. The van der Waals surface area contributed by atoms with Crippen LogP contribution in [-0.4, -0.2) is 63.3 Å². The van der Waals surface area contributed by atoms with Gasteiger partial charge in [0.05, 0.1) is 11.4 Å². The van der Waals surface area contributed by atoms with Crippen molar-refractivity contribution in [1.29, 1.82) is 0 Å². The topological polar surface area (TPSA) is 91.2 Å². The molecular weight excluding hydrogens is 411 g/mol. The van der Waals surface area contributed by atoms with Crippen LogP contribution in [0.1, 0.15) is 37.9 Å². The average Bonchev–Trinajstić information content (AvgIpc) is 2.73. The number of anilines is 1. The van der Waals surface area contributed by atoms with E-state index >= 15 is 0 Å².